The maximum Gasteiger partial charge on any atom is 0.170 e. The second-order valence-corrected chi connectivity index (χ2v) is 7.65. The molecule has 28 heavy (non-hydrogen) atoms. The third-order valence-electron chi connectivity index (χ3n) is 4.86. The Bertz CT molecular complexity index is 900. The summed E-state index contributed by atoms with van der Waals surface area (Å²) in [4.78, 5) is 23.1. The summed E-state index contributed by atoms with van der Waals surface area (Å²) in [6.45, 7) is 6.09. The van der Waals surface area contributed by atoms with Crippen molar-refractivity contribution in [3.63, 3.8) is 0 Å². The number of rotatable bonds is 0. The van der Waals surface area contributed by atoms with E-state index in [-0.39, 0.29) is 23.1 Å². The molecule has 0 fully saturated rings. The lowest BCUT2D eigenvalue weighted by Crippen LogP contribution is -2.16. The van der Waals surface area contributed by atoms with E-state index in [1.807, 2.05) is 0 Å². The molecule has 2 aliphatic heterocycles. The summed E-state index contributed by atoms with van der Waals surface area (Å²) in [6, 6.07) is 3.30. The first kappa shape index (κ1) is 20.2. The fourth-order valence-electron chi connectivity index (χ4n) is 3.25. The highest BCUT2D eigenvalue weighted by molar-refractivity contribution is 9.10. The molecule has 0 spiro atoms. The topological polar surface area (TPSA) is 93.1 Å². The number of Topliss-reactive ketones (excluding diaryl/α,β-unsaturated/α-hetero) is 2. The van der Waals surface area contributed by atoms with Gasteiger partial charge in [0, 0.05) is 24.0 Å². The highest BCUT2D eigenvalue weighted by Crippen LogP contribution is 2.39. The van der Waals surface area contributed by atoms with Crippen LogP contribution in [0.3, 0.4) is 0 Å². The van der Waals surface area contributed by atoms with Crippen molar-refractivity contribution >= 4 is 27.5 Å². The van der Waals surface area contributed by atoms with Crippen LogP contribution in [-0.2, 0) is 0 Å². The van der Waals surface area contributed by atoms with Crippen molar-refractivity contribution in [3.05, 3.63) is 44.4 Å². The van der Waals surface area contributed by atoms with Crippen molar-refractivity contribution in [1.82, 2.24) is 0 Å². The predicted molar refractivity (Wildman–Crippen MR) is 107 cm³/mol. The largest absolute Gasteiger partial charge is 0.507 e. The minimum Gasteiger partial charge on any atom is -0.507 e. The Morgan fingerprint density at radius 1 is 0.821 bits per heavy atom. The van der Waals surface area contributed by atoms with Crippen molar-refractivity contribution in [2.24, 2.45) is 0 Å². The molecule has 0 atom stereocenters. The Morgan fingerprint density at radius 3 is 1.82 bits per heavy atom. The second kappa shape index (κ2) is 7.83. The van der Waals surface area contributed by atoms with Crippen molar-refractivity contribution in [2.75, 3.05) is 13.2 Å². The first-order valence-electron chi connectivity index (χ1n) is 8.89. The van der Waals surface area contributed by atoms with Gasteiger partial charge in [-0.05, 0) is 54.4 Å². The fourth-order valence-corrected chi connectivity index (χ4v) is 3.78. The Hall–Kier alpha value is -2.54. The van der Waals surface area contributed by atoms with Gasteiger partial charge >= 0.3 is 0 Å². The van der Waals surface area contributed by atoms with Gasteiger partial charge in [-0.3, -0.25) is 9.59 Å². The maximum absolute atomic E-state index is 11.5. The summed E-state index contributed by atoms with van der Waals surface area (Å²) in [5.74, 6) is 1.58. The van der Waals surface area contributed by atoms with E-state index in [2.05, 4.69) is 15.9 Å². The summed E-state index contributed by atoms with van der Waals surface area (Å²) >= 11 is 3.19. The highest BCUT2D eigenvalue weighted by atomic mass is 79.9. The quantitative estimate of drug-likeness (QED) is 0.620. The number of benzene rings is 2. The van der Waals surface area contributed by atoms with Gasteiger partial charge in [-0.2, -0.15) is 0 Å². The Morgan fingerprint density at radius 2 is 1.29 bits per heavy atom. The summed E-state index contributed by atoms with van der Waals surface area (Å²) in [5, 5.41) is 19.3. The molecule has 0 radical (unpaired) electrons. The van der Waals surface area contributed by atoms with Crippen LogP contribution in [0.5, 0.6) is 23.0 Å². The van der Waals surface area contributed by atoms with Crippen LogP contribution >= 0.6 is 15.9 Å². The molecule has 7 heteroatoms. The van der Waals surface area contributed by atoms with Crippen molar-refractivity contribution in [1.29, 1.82) is 0 Å². The maximum atomic E-state index is 11.5. The SMILES string of the molecule is Cc1c(O)c(Br)cc2c1OCCC2=O.Cc1cc2c(c(C)c1O)OCCC2=O. The molecule has 2 aliphatic rings. The molecule has 0 amide bonds. The number of aromatic hydroxyl groups is 2. The summed E-state index contributed by atoms with van der Waals surface area (Å²) < 4.78 is 11.3. The van der Waals surface area contributed by atoms with E-state index in [0.29, 0.717) is 64.3 Å². The van der Waals surface area contributed by atoms with Gasteiger partial charge in [0.15, 0.2) is 11.6 Å². The van der Waals surface area contributed by atoms with E-state index < -0.39 is 0 Å². The van der Waals surface area contributed by atoms with Gasteiger partial charge in [0.1, 0.15) is 23.0 Å². The van der Waals surface area contributed by atoms with Crippen molar-refractivity contribution in [3.8, 4) is 23.0 Å². The summed E-state index contributed by atoms with van der Waals surface area (Å²) in [7, 11) is 0. The average Bonchev–Trinajstić information content (AvgIpc) is 2.67. The van der Waals surface area contributed by atoms with Crippen LogP contribution in [0.4, 0.5) is 0 Å². The minimum absolute atomic E-state index is 0.0649. The molecule has 0 bridgehead atoms. The minimum atomic E-state index is 0.0649. The Labute approximate surface area is 171 Å². The molecule has 2 heterocycles. The molecule has 4 rings (SSSR count). The van der Waals surface area contributed by atoms with E-state index in [0.717, 1.165) is 5.56 Å². The van der Waals surface area contributed by atoms with E-state index in [1.165, 1.54) is 0 Å². The number of halogens is 1. The van der Waals surface area contributed by atoms with Gasteiger partial charge in [0.25, 0.3) is 0 Å². The van der Waals surface area contributed by atoms with Gasteiger partial charge in [-0.1, -0.05) is 0 Å². The molecular formula is C21H21BrO6. The molecule has 0 aromatic heterocycles. The smallest absolute Gasteiger partial charge is 0.170 e. The first-order valence-corrected chi connectivity index (χ1v) is 9.68. The third-order valence-corrected chi connectivity index (χ3v) is 5.47. The number of phenolic OH excluding ortho intramolecular Hbond substituents is 2. The lowest BCUT2D eigenvalue weighted by Gasteiger charge is -2.19. The van der Waals surface area contributed by atoms with Crippen LogP contribution in [0.1, 0.15) is 50.2 Å². The normalized spacial score (nSPS) is 14.9. The van der Waals surface area contributed by atoms with E-state index in [4.69, 9.17) is 9.47 Å². The number of hydrogen-bond donors (Lipinski definition) is 2. The monoisotopic (exact) mass is 448 g/mol. The third kappa shape index (κ3) is 3.58. The lowest BCUT2D eigenvalue weighted by molar-refractivity contribution is 0.0923. The lowest BCUT2D eigenvalue weighted by atomic mass is 9.98. The molecule has 2 aromatic rings. The average molecular weight is 449 g/mol. The number of carbonyl (C=O) groups is 2. The number of aryl methyl sites for hydroxylation is 1. The van der Waals surface area contributed by atoms with Gasteiger partial charge in [-0.25, -0.2) is 0 Å². The van der Waals surface area contributed by atoms with Crippen LogP contribution in [-0.4, -0.2) is 35.0 Å². The van der Waals surface area contributed by atoms with Gasteiger partial charge in [-0.15, -0.1) is 0 Å². The van der Waals surface area contributed by atoms with Gasteiger partial charge < -0.3 is 19.7 Å². The highest BCUT2D eigenvalue weighted by Gasteiger charge is 2.24. The van der Waals surface area contributed by atoms with Crippen LogP contribution in [0, 0.1) is 20.8 Å². The Balaban J connectivity index is 0.000000161. The zero-order valence-corrected chi connectivity index (χ0v) is 17.5. The number of ether oxygens (including phenoxy) is 2. The standard InChI is InChI=1S/C11H12O3.C10H9BrO3/c1-6-5-8-9(12)3-4-14-11(8)7(2)10(6)13;1-5-9(13)7(11)4-6-8(12)2-3-14-10(5)6/h5,13H,3-4H2,1-2H3;4,13H,2-3H2,1H3. The number of hydrogen-bond acceptors (Lipinski definition) is 6. The zero-order valence-electron chi connectivity index (χ0n) is 15.9. The summed E-state index contributed by atoms with van der Waals surface area (Å²) in [5.41, 5.74) is 3.15. The van der Waals surface area contributed by atoms with Crippen LogP contribution < -0.4 is 9.47 Å². The summed E-state index contributed by atoms with van der Waals surface area (Å²) in [6.07, 6.45) is 0.834. The zero-order chi connectivity index (χ0) is 20.6. The number of carbonyl (C=O) groups excluding carboxylic acids is 2. The number of phenols is 2. The molecule has 6 nitrogen and oxygen atoms in total. The van der Waals surface area contributed by atoms with E-state index >= 15 is 0 Å². The van der Waals surface area contributed by atoms with E-state index in [9.17, 15) is 19.8 Å². The molecule has 2 aromatic carbocycles. The fraction of sp³-hybridized carbons (Fsp3) is 0.333. The molecule has 0 saturated carbocycles. The number of fused-ring (bicyclic) bond motifs is 2. The van der Waals surface area contributed by atoms with Crippen molar-refractivity contribution < 1.29 is 29.3 Å². The molecule has 148 valence electrons. The second-order valence-electron chi connectivity index (χ2n) is 6.80. The molecule has 0 aliphatic carbocycles. The molecule has 0 unspecified atom stereocenters. The van der Waals surface area contributed by atoms with Crippen LogP contribution in [0.2, 0.25) is 0 Å². The molecular weight excluding hydrogens is 428 g/mol. The van der Waals surface area contributed by atoms with Gasteiger partial charge in [0.2, 0.25) is 0 Å². The molecule has 0 saturated heterocycles. The van der Waals surface area contributed by atoms with Crippen LogP contribution in [0.25, 0.3) is 0 Å². The van der Waals surface area contributed by atoms with Gasteiger partial charge in [0.05, 0.1) is 28.8 Å². The van der Waals surface area contributed by atoms with E-state index in [1.54, 1.807) is 32.9 Å². The van der Waals surface area contributed by atoms with Crippen LogP contribution in [0.15, 0.2) is 16.6 Å². The Kier molecular flexibility index (Phi) is 5.65. The number of ketones is 2. The first-order chi connectivity index (χ1) is 13.2. The van der Waals surface area contributed by atoms with Crippen molar-refractivity contribution in [2.45, 2.75) is 33.6 Å². The molecule has 2 N–H and O–H groups in total. The predicted octanol–water partition coefficient (Wildman–Crippen LogP) is 4.40.